The fourth-order valence-corrected chi connectivity index (χ4v) is 2.09. The lowest BCUT2D eigenvalue weighted by Crippen LogP contribution is -2.39. The lowest BCUT2D eigenvalue weighted by molar-refractivity contribution is -0.117. The topological polar surface area (TPSA) is 84.7 Å². The summed E-state index contributed by atoms with van der Waals surface area (Å²) < 4.78 is 22.9. The molecule has 24 heavy (non-hydrogen) atoms. The molecule has 0 unspecified atom stereocenters. The highest BCUT2D eigenvalue weighted by Gasteiger charge is 2.19. The number of aromatic nitrogens is 1. The van der Waals surface area contributed by atoms with E-state index in [1.165, 1.54) is 35.4 Å². The van der Waals surface area contributed by atoms with Crippen molar-refractivity contribution in [2.75, 3.05) is 32.1 Å². The number of ether oxygens (including phenoxy) is 1. The molecule has 128 valence electrons. The van der Waals surface area contributed by atoms with Crippen molar-refractivity contribution in [2.24, 2.45) is 0 Å². The molecule has 0 atom stereocenters. The summed E-state index contributed by atoms with van der Waals surface area (Å²) in [6.07, 6.45) is 1.87. The molecule has 1 aromatic carbocycles. The van der Waals surface area contributed by atoms with E-state index in [0.717, 1.165) is 6.07 Å². The summed E-state index contributed by atoms with van der Waals surface area (Å²) >= 11 is 0. The van der Waals surface area contributed by atoms with E-state index in [-0.39, 0.29) is 17.9 Å². The number of benzene rings is 1. The van der Waals surface area contributed by atoms with E-state index in [0.29, 0.717) is 19.6 Å². The van der Waals surface area contributed by atoms with Crippen LogP contribution in [0.15, 0.2) is 41.1 Å². The molecular weight excluding hydrogens is 317 g/mol. The first-order chi connectivity index (χ1) is 11.6. The molecule has 7 nitrogen and oxygen atoms in total. The van der Waals surface area contributed by atoms with Gasteiger partial charge in [0.05, 0.1) is 0 Å². The molecule has 1 N–H and O–H groups in total. The molecule has 2 rings (SSSR count). The van der Waals surface area contributed by atoms with E-state index in [9.17, 15) is 14.0 Å². The van der Waals surface area contributed by atoms with Gasteiger partial charge in [0.15, 0.2) is 5.82 Å². The maximum atomic E-state index is 13.3. The number of amides is 2. The number of nitrogens with zero attached hydrogens (tertiary/aromatic N) is 2. The number of nitrogens with one attached hydrogen (secondary N) is 1. The fraction of sp³-hybridized carbons (Fsp3) is 0.312. The van der Waals surface area contributed by atoms with E-state index in [2.05, 4.69) is 15.0 Å². The Balaban J connectivity index is 2.05. The van der Waals surface area contributed by atoms with Gasteiger partial charge in [0.2, 0.25) is 5.91 Å². The molecule has 0 aliphatic heterocycles. The van der Waals surface area contributed by atoms with Gasteiger partial charge in [-0.25, -0.2) is 4.39 Å². The van der Waals surface area contributed by atoms with Gasteiger partial charge >= 0.3 is 0 Å². The zero-order valence-electron chi connectivity index (χ0n) is 13.2. The smallest absolute Gasteiger partial charge is 0.254 e. The van der Waals surface area contributed by atoms with Gasteiger partial charge in [0.1, 0.15) is 18.6 Å². The number of hydrogen-bond acceptors (Lipinski definition) is 5. The standard InChI is InChI=1S/C16H18FN3O4/c1-23-8-3-7-20(11-15(21)18-14-6-9-24-19-14)16(22)12-4-2-5-13(17)10-12/h2,4-6,9-10H,3,7-8,11H2,1H3,(H,18,19,21). The predicted molar refractivity (Wildman–Crippen MR) is 83.9 cm³/mol. The Morgan fingerprint density at radius 1 is 1.38 bits per heavy atom. The normalized spacial score (nSPS) is 10.4. The monoisotopic (exact) mass is 335 g/mol. The molecule has 0 spiro atoms. The third-order valence-corrected chi connectivity index (χ3v) is 3.18. The maximum Gasteiger partial charge on any atom is 0.254 e. The Labute approximate surface area is 138 Å². The molecule has 0 bridgehead atoms. The number of carbonyl (C=O) groups excluding carboxylic acids is 2. The van der Waals surface area contributed by atoms with Crippen molar-refractivity contribution in [3.8, 4) is 0 Å². The minimum absolute atomic E-state index is 0.182. The molecule has 0 saturated heterocycles. The number of halogens is 1. The quantitative estimate of drug-likeness (QED) is 0.745. The Morgan fingerprint density at radius 3 is 2.88 bits per heavy atom. The minimum Gasteiger partial charge on any atom is -0.385 e. The number of hydrogen-bond donors (Lipinski definition) is 1. The van der Waals surface area contributed by atoms with Crippen LogP contribution in [0.2, 0.25) is 0 Å². The summed E-state index contributed by atoms with van der Waals surface area (Å²) in [5.74, 6) is -1.10. The van der Waals surface area contributed by atoms with E-state index in [1.807, 2.05) is 0 Å². The first-order valence-corrected chi connectivity index (χ1v) is 7.34. The predicted octanol–water partition coefficient (Wildman–Crippen LogP) is 1.93. The second-order valence-electron chi connectivity index (χ2n) is 5.02. The van der Waals surface area contributed by atoms with Crippen LogP contribution in [0.25, 0.3) is 0 Å². The molecular formula is C16H18FN3O4. The Bertz CT molecular complexity index is 676. The van der Waals surface area contributed by atoms with Crippen molar-refractivity contribution < 1.29 is 23.2 Å². The third-order valence-electron chi connectivity index (χ3n) is 3.18. The first-order valence-electron chi connectivity index (χ1n) is 7.34. The number of carbonyl (C=O) groups is 2. The lowest BCUT2D eigenvalue weighted by atomic mass is 10.2. The van der Waals surface area contributed by atoms with Crippen LogP contribution in [-0.4, -0.2) is 48.7 Å². The Hall–Kier alpha value is -2.74. The highest BCUT2D eigenvalue weighted by molar-refractivity contribution is 5.99. The average Bonchev–Trinajstić information content (AvgIpc) is 3.06. The van der Waals surface area contributed by atoms with Gasteiger partial charge in [0, 0.05) is 31.9 Å². The van der Waals surface area contributed by atoms with Crippen molar-refractivity contribution >= 4 is 17.6 Å². The van der Waals surface area contributed by atoms with Crippen LogP contribution in [0.1, 0.15) is 16.8 Å². The number of rotatable bonds is 8. The van der Waals surface area contributed by atoms with Gasteiger partial charge < -0.3 is 19.5 Å². The summed E-state index contributed by atoms with van der Waals surface area (Å²) in [5, 5.41) is 6.09. The maximum absolute atomic E-state index is 13.3. The van der Waals surface area contributed by atoms with Gasteiger partial charge in [-0.05, 0) is 24.6 Å². The van der Waals surface area contributed by atoms with Gasteiger partial charge in [-0.3, -0.25) is 9.59 Å². The highest BCUT2D eigenvalue weighted by atomic mass is 19.1. The molecule has 0 fully saturated rings. The molecule has 0 saturated carbocycles. The van der Waals surface area contributed by atoms with Crippen molar-refractivity contribution in [1.29, 1.82) is 0 Å². The third kappa shape index (κ3) is 5.17. The van der Waals surface area contributed by atoms with Crippen LogP contribution < -0.4 is 5.32 Å². The second kappa shape index (κ2) is 8.78. The van der Waals surface area contributed by atoms with Gasteiger partial charge in [-0.2, -0.15) is 0 Å². The van der Waals surface area contributed by atoms with Crippen LogP contribution in [0, 0.1) is 5.82 Å². The summed E-state index contributed by atoms with van der Waals surface area (Å²) in [5.41, 5.74) is 0.182. The first kappa shape index (κ1) is 17.6. The van der Waals surface area contributed by atoms with E-state index in [1.54, 1.807) is 7.11 Å². The summed E-state index contributed by atoms with van der Waals surface area (Å²) in [4.78, 5) is 25.9. The van der Waals surface area contributed by atoms with Crippen LogP contribution in [0.3, 0.4) is 0 Å². The van der Waals surface area contributed by atoms with Crippen molar-refractivity contribution in [1.82, 2.24) is 10.1 Å². The Kier molecular flexibility index (Phi) is 6.44. The summed E-state index contributed by atoms with van der Waals surface area (Å²) in [6.45, 7) is 0.555. The highest BCUT2D eigenvalue weighted by Crippen LogP contribution is 2.09. The number of methoxy groups -OCH3 is 1. The van der Waals surface area contributed by atoms with Gasteiger partial charge in [0.25, 0.3) is 5.91 Å². The van der Waals surface area contributed by atoms with Crippen molar-refractivity contribution in [2.45, 2.75) is 6.42 Å². The van der Waals surface area contributed by atoms with E-state index >= 15 is 0 Å². The molecule has 0 radical (unpaired) electrons. The van der Waals surface area contributed by atoms with E-state index < -0.39 is 17.6 Å². The zero-order chi connectivity index (χ0) is 17.4. The van der Waals surface area contributed by atoms with Crippen LogP contribution in [0.5, 0.6) is 0 Å². The number of anilines is 1. The molecule has 0 aliphatic rings. The molecule has 2 amide bonds. The van der Waals surface area contributed by atoms with Crippen molar-refractivity contribution in [3.05, 3.63) is 48.0 Å². The minimum atomic E-state index is -0.509. The van der Waals surface area contributed by atoms with Crippen molar-refractivity contribution in [3.63, 3.8) is 0 Å². The van der Waals surface area contributed by atoms with Crippen LogP contribution >= 0.6 is 0 Å². The average molecular weight is 335 g/mol. The van der Waals surface area contributed by atoms with Gasteiger partial charge in [-0.1, -0.05) is 11.2 Å². The summed E-state index contributed by atoms with van der Waals surface area (Å²) in [7, 11) is 1.55. The molecule has 8 heteroatoms. The molecule has 2 aromatic rings. The van der Waals surface area contributed by atoms with E-state index in [4.69, 9.17) is 4.74 Å². The van der Waals surface area contributed by atoms with Crippen LogP contribution in [-0.2, 0) is 9.53 Å². The second-order valence-corrected chi connectivity index (χ2v) is 5.02. The SMILES string of the molecule is COCCCN(CC(=O)Nc1ccon1)C(=O)c1cccc(F)c1. The Morgan fingerprint density at radius 2 is 2.21 bits per heavy atom. The molecule has 1 aromatic heterocycles. The van der Waals surface area contributed by atoms with Crippen LogP contribution in [0.4, 0.5) is 10.2 Å². The molecule has 1 heterocycles. The largest absolute Gasteiger partial charge is 0.385 e. The fourth-order valence-electron chi connectivity index (χ4n) is 2.09. The zero-order valence-corrected chi connectivity index (χ0v) is 13.2. The summed E-state index contributed by atoms with van der Waals surface area (Å²) in [6, 6.07) is 6.84. The lowest BCUT2D eigenvalue weighted by Gasteiger charge is -2.22. The molecule has 0 aliphatic carbocycles. The van der Waals surface area contributed by atoms with Gasteiger partial charge in [-0.15, -0.1) is 0 Å².